The molecular weight excluding hydrogens is 275 g/mol. The lowest BCUT2D eigenvalue weighted by molar-refractivity contribution is 0.721. The lowest BCUT2D eigenvalue weighted by atomic mass is 10.1. The van der Waals surface area contributed by atoms with Crippen LogP contribution in [0.3, 0.4) is 0 Å². The summed E-state index contributed by atoms with van der Waals surface area (Å²) < 4.78 is 0. The van der Waals surface area contributed by atoms with Crippen LogP contribution in [0.2, 0.25) is 0 Å². The van der Waals surface area contributed by atoms with E-state index in [9.17, 15) is 0 Å². The minimum Gasteiger partial charge on any atom is -0.662 e. The summed E-state index contributed by atoms with van der Waals surface area (Å²) in [6, 6.07) is 10.4. The van der Waals surface area contributed by atoms with Crippen molar-refractivity contribution in [2.24, 2.45) is 0 Å². The van der Waals surface area contributed by atoms with Crippen LogP contribution in [0.25, 0.3) is 11.4 Å². The maximum absolute atomic E-state index is 4.93. The van der Waals surface area contributed by atoms with Crippen LogP contribution >= 0.6 is 7.92 Å². The van der Waals surface area contributed by atoms with Gasteiger partial charge in [-0.1, -0.05) is 66.7 Å². The first-order chi connectivity index (χ1) is 10.1. The fraction of sp³-hybridized carbons (Fsp3) is 0.500. The van der Waals surface area contributed by atoms with Crippen molar-refractivity contribution in [1.29, 1.82) is 0 Å². The van der Waals surface area contributed by atoms with Gasteiger partial charge < -0.3 is 4.98 Å². The van der Waals surface area contributed by atoms with E-state index in [4.69, 9.17) is 4.98 Å². The van der Waals surface area contributed by atoms with E-state index in [0.29, 0.717) is 0 Å². The van der Waals surface area contributed by atoms with E-state index in [0.717, 1.165) is 11.4 Å². The summed E-state index contributed by atoms with van der Waals surface area (Å²) in [5.74, 6) is 0. The van der Waals surface area contributed by atoms with Crippen molar-refractivity contribution in [2.75, 3.05) is 12.3 Å². The summed E-state index contributed by atoms with van der Waals surface area (Å²) in [4.78, 5) is 9.30. The van der Waals surface area contributed by atoms with Gasteiger partial charge in [0.1, 0.15) is 0 Å². The van der Waals surface area contributed by atoms with Gasteiger partial charge >= 0.3 is 0 Å². The molecule has 0 aliphatic carbocycles. The van der Waals surface area contributed by atoms with Crippen LogP contribution in [0, 0.1) is 0 Å². The highest BCUT2D eigenvalue weighted by Crippen LogP contribution is 2.55. The zero-order valence-electron chi connectivity index (χ0n) is 13.6. The van der Waals surface area contributed by atoms with Gasteiger partial charge in [0.15, 0.2) is 0 Å². The molecule has 0 aromatic carbocycles. The molecule has 21 heavy (non-hydrogen) atoms. The molecule has 0 aliphatic heterocycles. The number of pyridine rings is 1. The molecule has 2 aromatic rings. The van der Waals surface area contributed by atoms with Crippen LogP contribution < -0.4 is 4.98 Å². The molecule has 114 valence electrons. The quantitative estimate of drug-likeness (QED) is 0.654. The van der Waals surface area contributed by atoms with E-state index in [2.05, 4.69) is 50.9 Å². The molecule has 0 fully saturated rings. The fourth-order valence-corrected chi connectivity index (χ4v) is 5.61. The standard InChI is InChI=1S/C18H26N2P/c1-5-13-21(14-6-2)18(3,4)17-11-7-9-16(20-17)15-10-8-12-19-15/h7-12H,5-6,13-14H2,1-4H3/q-1. The second-order valence-electron chi connectivity index (χ2n) is 5.98. The van der Waals surface area contributed by atoms with Crippen molar-refractivity contribution in [3.63, 3.8) is 0 Å². The predicted octanol–water partition coefficient (Wildman–Crippen LogP) is 5.24. The Morgan fingerprint density at radius 3 is 2.33 bits per heavy atom. The lowest BCUT2D eigenvalue weighted by Gasteiger charge is -2.35. The average molecular weight is 301 g/mol. The lowest BCUT2D eigenvalue weighted by Crippen LogP contribution is -2.20. The van der Waals surface area contributed by atoms with Crippen molar-refractivity contribution in [1.82, 2.24) is 9.97 Å². The summed E-state index contributed by atoms with van der Waals surface area (Å²) in [5.41, 5.74) is 3.19. The summed E-state index contributed by atoms with van der Waals surface area (Å²) in [6.07, 6.45) is 7.02. The number of rotatable bonds is 7. The van der Waals surface area contributed by atoms with Gasteiger partial charge in [-0.05, 0) is 24.5 Å². The van der Waals surface area contributed by atoms with Gasteiger partial charge in [-0.2, -0.15) is 6.20 Å². The Kier molecular flexibility index (Phi) is 5.58. The molecular formula is C18H26N2P-. The molecule has 0 unspecified atom stereocenters. The van der Waals surface area contributed by atoms with Crippen molar-refractivity contribution < 1.29 is 0 Å². The maximum atomic E-state index is 4.93. The van der Waals surface area contributed by atoms with Crippen molar-refractivity contribution >= 4 is 7.92 Å². The Morgan fingerprint density at radius 1 is 1.05 bits per heavy atom. The molecule has 2 heterocycles. The zero-order valence-corrected chi connectivity index (χ0v) is 14.5. The normalized spacial score (nSPS) is 12.0. The molecule has 0 bridgehead atoms. The topological polar surface area (TPSA) is 27.0 Å². The Labute approximate surface area is 130 Å². The molecule has 0 spiro atoms. The third kappa shape index (κ3) is 3.74. The highest BCUT2D eigenvalue weighted by Gasteiger charge is 2.30. The smallest absolute Gasteiger partial charge is 0.0509 e. The fourth-order valence-electron chi connectivity index (χ4n) is 2.74. The maximum Gasteiger partial charge on any atom is 0.0509 e. The molecule has 0 N–H and O–H groups in total. The van der Waals surface area contributed by atoms with E-state index in [1.165, 1.54) is 30.9 Å². The van der Waals surface area contributed by atoms with Crippen LogP contribution in [-0.4, -0.2) is 17.3 Å². The minimum absolute atomic E-state index is 0.0332. The van der Waals surface area contributed by atoms with Gasteiger partial charge in [-0.25, -0.2) is 0 Å². The molecule has 2 rings (SSSR count). The molecule has 0 amide bonds. The molecule has 2 aromatic heterocycles. The Morgan fingerprint density at radius 2 is 1.76 bits per heavy atom. The first-order valence-electron chi connectivity index (χ1n) is 7.90. The van der Waals surface area contributed by atoms with Crippen LogP contribution in [0.15, 0.2) is 36.5 Å². The van der Waals surface area contributed by atoms with Gasteiger partial charge in [-0.15, -0.1) is 5.69 Å². The van der Waals surface area contributed by atoms with Gasteiger partial charge in [0, 0.05) is 10.9 Å². The van der Waals surface area contributed by atoms with Gasteiger partial charge in [-0.3, -0.25) is 4.98 Å². The third-order valence-electron chi connectivity index (χ3n) is 3.97. The second kappa shape index (κ2) is 7.22. The van der Waals surface area contributed by atoms with Crippen molar-refractivity contribution in [3.05, 3.63) is 42.2 Å². The summed E-state index contributed by atoms with van der Waals surface area (Å²) in [5, 5.41) is 0.171. The first-order valence-corrected chi connectivity index (χ1v) is 9.61. The predicted molar refractivity (Wildman–Crippen MR) is 93.3 cm³/mol. The van der Waals surface area contributed by atoms with E-state index >= 15 is 0 Å². The molecule has 2 nitrogen and oxygen atoms in total. The van der Waals surface area contributed by atoms with Crippen LogP contribution in [0.1, 0.15) is 46.2 Å². The molecule has 0 atom stereocenters. The minimum atomic E-state index is -0.0332. The largest absolute Gasteiger partial charge is 0.662 e. The van der Waals surface area contributed by atoms with Crippen LogP contribution in [0.4, 0.5) is 0 Å². The molecule has 0 saturated heterocycles. The highest BCUT2D eigenvalue weighted by atomic mass is 31.1. The Bertz CT molecular complexity index is 540. The van der Waals surface area contributed by atoms with Gasteiger partial charge in [0.2, 0.25) is 0 Å². The average Bonchev–Trinajstić information content (AvgIpc) is 3.01. The molecule has 0 aliphatic rings. The molecule has 0 radical (unpaired) electrons. The van der Waals surface area contributed by atoms with Crippen LogP contribution in [-0.2, 0) is 5.16 Å². The summed E-state index contributed by atoms with van der Waals surface area (Å²) in [6.45, 7) is 9.32. The van der Waals surface area contributed by atoms with Crippen molar-refractivity contribution in [2.45, 2.75) is 45.7 Å². The highest BCUT2D eigenvalue weighted by molar-refractivity contribution is 7.58. The third-order valence-corrected chi connectivity index (χ3v) is 7.75. The number of nitrogens with zero attached hydrogens (tertiary/aromatic N) is 2. The number of hydrogen-bond acceptors (Lipinski definition) is 1. The van der Waals surface area contributed by atoms with E-state index in [-0.39, 0.29) is 13.1 Å². The second-order valence-corrected chi connectivity index (χ2v) is 9.07. The zero-order chi connectivity index (χ0) is 15.3. The van der Waals surface area contributed by atoms with E-state index < -0.39 is 0 Å². The van der Waals surface area contributed by atoms with Gasteiger partial charge in [0.05, 0.1) is 5.69 Å². The monoisotopic (exact) mass is 301 g/mol. The van der Waals surface area contributed by atoms with E-state index in [1.54, 1.807) is 0 Å². The summed E-state index contributed by atoms with van der Waals surface area (Å²) >= 11 is 0. The molecule has 3 heteroatoms. The number of aromatic nitrogens is 2. The van der Waals surface area contributed by atoms with Crippen molar-refractivity contribution in [3.8, 4) is 11.4 Å². The first kappa shape index (κ1) is 16.2. The van der Waals surface area contributed by atoms with E-state index in [1.807, 2.05) is 18.3 Å². The molecule has 0 saturated carbocycles. The SMILES string of the molecule is CCCP(CCC)C(C)(C)c1cccc(-c2ccc[n-]2)n1. The van der Waals surface area contributed by atoms with Crippen LogP contribution in [0.5, 0.6) is 0 Å². The Balaban J connectivity index is 2.32. The number of hydrogen-bond donors (Lipinski definition) is 0. The Hall–Kier alpha value is -1.14. The van der Waals surface area contributed by atoms with Gasteiger partial charge in [0.25, 0.3) is 0 Å². The summed E-state index contributed by atoms with van der Waals surface area (Å²) in [7, 11) is -0.0332.